The van der Waals surface area contributed by atoms with Gasteiger partial charge in [0.2, 0.25) is 11.4 Å². The molecule has 16 heavy (non-hydrogen) atoms. The van der Waals surface area contributed by atoms with Crippen LogP contribution in [0.1, 0.15) is 6.42 Å². The first kappa shape index (κ1) is 11.2. The molecule has 2 rings (SSSR count). The van der Waals surface area contributed by atoms with Crippen LogP contribution in [0.3, 0.4) is 0 Å². The zero-order chi connectivity index (χ0) is 11.9. The van der Waals surface area contributed by atoms with Crippen molar-refractivity contribution in [3.05, 3.63) is 11.5 Å². The predicted octanol–water partition coefficient (Wildman–Crippen LogP) is -1.25. The van der Waals surface area contributed by atoms with Crippen molar-refractivity contribution in [2.24, 2.45) is 0 Å². The highest BCUT2D eigenvalue weighted by Gasteiger charge is 2.56. The lowest BCUT2D eigenvalue weighted by molar-refractivity contribution is -0.165. The second kappa shape index (κ2) is 3.62. The number of ether oxygens (including phenoxy) is 2. The topological polar surface area (TPSA) is 120 Å². The van der Waals surface area contributed by atoms with Crippen LogP contribution >= 0.6 is 0 Å². The molecule has 0 amide bonds. The van der Waals surface area contributed by atoms with Crippen molar-refractivity contribution < 1.29 is 34.7 Å². The molecule has 2 aliphatic rings. The van der Waals surface area contributed by atoms with Gasteiger partial charge in [-0.25, -0.2) is 4.79 Å². The largest absolute Gasteiger partial charge is 0.505 e. The number of rotatable bonds is 4. The van der Waals surface area contributed by atoms with E-state index in [2.05, 4.69) is 0 Å². The summed E-state index contributed by atoms with van der Waals surface area (Å²) in [6, 6.07) is 0. The van der Waals surface area contributed by atoms with Crippen molar-refractivity contribution in [3.63, 3.8) is 0 Å². The first-order valence-electron chi connectivity index (χ1n) is 4.78. The van der Waals surface area contributed by atoms with Gasteiger partial charge in [-0.3, -0.25) is 0 Å². The molecule has 2 aliphatic heterocycles. The molecule has 7 heteroatoms. The number of carbonyl (C=O) groups excluding carboxylic acids is 1. The Kier molecular flexibility index (Phi) is 2.53. The molecular weight excluding hydrogens is 220 g/mol. The van der Waals surface area contributed by atoms with E-state index in [-0.39, 0.29) is 12.5 Å². The minimum Gasteiger partial charge on any atom is -0.505 e. The number of hydrogen-bond donors (Lipinski definition) is 4. The van der Waals surface area contributed by atoms with Crippen molar-refractivity contribution in [3.8, 4) is 0 Å². The molecule has 0 aromatic rings. The number of hydrogen-bond acceptors (Lipinski definition) is 7. The fourth-order valence-corrected chi connectivity index (χ4v) is 1.73. The second-order valence-corrected chi connectivity index (χ2v) is 3.83. The van der Waals surface area contributed by atoms with Gasteiger partial charge in [-0.1, -0.05) is 0 Å². The van der Waals surface area contributed by atoms with E-state index in [1.54, 1.807) is 0 Å². The molecule has 1 fully saturated rings. The first-order valence-corrected chi connectivity index (χ1v) is 4.78. The zero-order valence-corrected chi connectivity index (χ0v) is 8.29. The molecule has 0 radical (unpaired) electrons. The van der Waals surface area contributed by atoms with Gasteiger partial charge in [0.25, 0.3) is 0 Å². The van der Waals surface area contributed by atoms with E-state index in [1.165, 1.54) is 0 Å². The highest BCUT2D eigenvalue weighted by molar-refractivity contribution is 5.90. The number of aliphatic hydroxyl groups is 4. The van der Waals surface area contributed by atoms with Gasteiger partial charge in [0, 0.05) is 6.42 Å². The standard InChI is InChI=1S/C9H12O7/c10-2-5(11)9(1-4-3-15-4)7(13)6(12)8(14)16-9/h4-5,10-13H,1-3H2/t4?,5-,9+/m0/s1. The smallest absolute Gasteiger partial charge is 0.378 e. The summed E-state index contributed by atoms with van der Waals surface area (Å²) in [6.45, 7) is -0.289. The number of esters is 1. The summed E-state index contributed by atoms with van der Waals surface area (Å²) >= 11 is 0. The molecule has 0 saturated carbocycles. The van der Waals surface area contributed by atoms with Crippen LogP contribution in [-0.4, -0.2) is 57.4 Å². The SMILES string of the molecule is O=C1O[C@](CC2CO2)([C@@H](O)CO)C(O)=C1O. The van der Waals surface area contributed by atoms with E-state index in [4.69, 9.17) is 14.6 Å². The van der Waals surface area contributed by atoms with Gasteiger partial charge in [0.1, 0.15) is 6.10 Å². The van der Waals surface area contributed by atoms with Gasteiger partial charge in [-0.05, 0) is 0 Å². The molecule has 0 bridgehead atoms. The van der Waals surface area contributed by atoms with Crippen LogP contribution < -0.4 is 0 Å². The Labute approximate surface area is 90.5 Å². The van der Waals surface area contributed by atoms with Gasteiger partial charge in [0.05, 0.1) is 19.3 Å². The number of cyclic esters (lactones) is 1. The molecule has 90 valence electrons. The molecule has 4 N–H and O–H groups in total. The van der Waals surface area contributed by atoms with Crippen molar-refractivity contribution in [2.45, 2.75) is 24.2 Å². The summed E-state index contributed by atoms with van der Waals surface area (Å²) in [5.74, 6) is -2.81. The van der Waals surface area contributed by atoms with E-state index in [0.717, 1.165) is 0 Å². The van der Waals surface area contributed by atoms with E-state index in [1.807, 2.05) is 0 Å². The van der Waals surface area contributed by atoms with Crippen LogP contribution in [-0.2, 0) is 14.3 Å². The van der Waals surface area contributed by atoms with Crippen LogP contribution in [0.4, 0.5) is 0 Å². The van der Waals surface area contributed by atoms with Crippen LogP contribution in [0.25, 0.3) is 0 Å². The maximum absolute atomic E-state index is 11.1. The Hall–Kier alpha value is -1.31. The summed E-state index contributed by atoms with van der Waals surface area (Å²) in [5, 5.41) is 37.3. The third kappa shape index (κ3) is 1.53. The summed E-state index contributed by atoms with van der Waals surface area (Å²) < 4.78 is 9.68. The highest BCUT2D eigenvalue weighted by atomic mass is 16.6. The monoisotopic (exact) mass is 232 g/mol. The van der Waals surface area contributed by atoms with E-state index in [0.29, 0.717) is 6.61 Å². The Morgan fingerprint density at radius 2 is 2.12 bits per heavy atom. The van der Waals surface area contributed by atoms with E-state index < -0.39 is 35.8 Å². The Morgan fingerprint density at radius 1 is 1.50 bits per heavy atom. The lowest BCUT2D eigenvalue weighted by Gasteiger charge is -2.30. The molecule has 1 saturated heterocycles. The van der Waals surface area contributed by atoms with Gasteiger partial charge in [-0.2, -0.15) is 0 Å². The molecule has 0 spiro atoms. The zero-order valence-electron chi connectivity index (χ0n) is 8.29. The highest BCUT2D eigenvalue weighted by Crippen LogP contribution is 2.39. The van der Waals surface area contributed by atoms with E-state index in [9.17, 15) is 20.1 Å². The normalized spacial score (nSPS) is 35.1. The lowest BCUT2D eigenvalue weighted by Crippen LogP contribution is -2.48. The molecule has 0 aliphatic carbocycles. The third-order valence-corrected chi connectivity index (χ3v) is 2.74. The molecule has 0 aromatic carbocycles. The van der Waals surface area contributed by atoms with Crippen LogP contribution in [0.15, 0.2) is 11.5 Å². The fraction of sp³-hybridized carbons (Fsp3) is 0.667. The molecule has 2 heterocycles. The Balaban J connectivity index is 2.31. The van der Waals surface area contributed by atoms with E-state index >= 15 is 0 Å². The number of aliphatic hydroxyl groups excluding tert-OH is 4. The average Bonchev–Trinajstić information content (AvgIpc) is 3.04. The molecule has 7 nitrogen and oxygen atoms in total. The summed E-state index contributed by atoms with van der Waals surface area (Å²) in [6.07, 6.45) is -1.77. The molecule has 0 aromatic heterocycles. The minimum atomic E-state index is -1.79. The van der Waals surface area contributed by atoms with Crippen molar-refractivity contribution in [1.29, 1.82) is 0 Å². The Morgan fingerprint density at radius 3 is 2.50 bits per heavy atom. The van der Waals surface area contributed by atoms with Crippen molar-refractivity contribution in [2.75, 3.05) is 13.2 Å². The van der Waals surface area contributed by atoms with Crippen LogP contribution in [0.2, 0.25) is 0 Å². The Bertz CT molecular complexity index is 346. The average molecular weight is 232 g/mol. The summed E-state index contributed by atoms with van der Waals surface area (Å²) in [4.78, 5) is 11.1. The molecular formula is C9H12O7. The molecule has 1 unspecified atom stereocenters. The minimum absolute atomic E-state index is 0.00361. The predicted molar refractivity (Wildman–Crippen MR) is 48.6 cm³/mol. The van der Waals surface area contributed by atoms with Crippen molar-refractivity contribution in [1.82, 2.24) is 0 Å². The maximum atomic E-state index is 11.1. The summed E-state index contributed by atoms with van der Waals surface area (Å²) in [5.41, 5.74) is -1.79. The molecule has 3 atom stereocenters. The first-order chi connectivity index (χ1) is 7.51. The lowest BCUT2D eigenvalue weighted by atomic mass is 9.89. The summed E-state index contributed by atoms with van der Waals surface area (Å²) in [7, 11) is 0. The van der Waals surface area contributed by atoms with Crippen LogP contribution in [0, 0.1) is 0 Å². The number of carbonyl (C=O) groups is 1. The van der Waals surface area contributed by atoms with Gasteiger partial charge >= 0.3 is 5.97 Å². The quantitative estimate of drug-likeness (QED) is 0.353. The maximum Gasteiger partial charge on any atom is 0.378 e. The fourth-order valence-electron chi connectivity index (χ4n) is 1.73. The third-order valence-electron chi connectivity index (χ3n) is 2.74. The van der Waals surface area contributed by atoms with Gasteiger partial charge in [0.15, 0.2) is 5.76 Å². The van der Waals surface area contributed by atoms with Gasteiger partial charge in [-0.15, -0.1) is 0 Å². The van der Waals surface area contributed by atoms with Crippen LogP contribution in [0.5, 0.6) is 0 Å². The van der Waals surface area contributed by atoms with Gasteiger partial charge < -0.3 is 29.9 Å². The number of epoxide rings is 1. The van der Waals surface area contributed by atoms with Crippen molar-refractivity contribution >= 4 is 5.97 Å². The second-order valence-electron chi connectivity index (χ2n) is 3.83.